The van der Waals surface area contributed by atoms with Crippen molar-refractivity contribution in [2.75, 3.05) is 0 Å². The van der Waals surface area contributed by atoms with Crippen LogP contribution in [0.4, 0.5) is 0 Å². The Morgan fingerprint density at radius 3 is 2.44 bits per heavy atom. The van der Waals surface area contributed by atoms with Gasteiger partial charge in [-0.05, 0) is 62.2 Å². The van der Waals surface area contributed by atoms with Crippen LogP contribution in [0, 0.1) is 28.6 Å². The molecule has 1 N–H and O–H groups in total. The monoisotopic (exact) mass is 222 g/mol. The van der Waals surface area contributed by atoms with Crippen molar-refractivity contribution in [1.29, 1.82) is 0 Å². The van der Waals surface area contributed by atoms with Gasteiger partial charge in [-0.1, -0.05) is 20.8 Å². The Kier molecular flexibility index (Phi) is 1.98. The molecule has 3 aliphatic carbocycles. The Balaban J connectivity index is 2.08. The van der Waals surface area contributed by atoms with E-state index in [1.165, 1.54) is 25.7 Å². The predicted molar refractivity (Wildman–Crippen MR) is 66.1 cm³/mol. The fraction of sp³-hybridized carbons (Fsp3) is 1.00. The van der Waals surface area contributed by atoms with Gasteiger partial charge in [0.25, 0.3) is 0 Å². The van der Waals surface area contributed by atoms with Crippen molar-refractivity contribution < 1.29 is 5.11 Å². The zero-order valence-electron chi connectivity index (χ0n) is 11.2. The molecule has 1 spiro atoms. The fourth-order valence-corrected chi connectivity index (χ4v) is 5.85. The Bertz CT molecular complexity index is 317. The summed E-state index contributed by atoms with van der Waals surface area (Å²) in [5.41, 5.74) is 0.341. The minimum atomic E-state index is -0.385. The molecule has 3 aliphatic rings. The summed E-state index contributed by atoms with van der Waals surface area (Å²) < 4.78 is 0. The van der Waals surface area contributed by atoms with E-state index >= 15 is 0 Å². The average molecular weight is 222 g/mol. The second-order valence-electron chi connectivity index (χ2n) is 7.67. The molecule has 1 heteroatoms. The fourth-order valence-electron chi connectivity index (χ4n) is 5.85. The second kappa shape index (κ2) is 2.85. The van der Waals surface area contributed by atoms with E-state index in [1.807, 2.05) is 0 Å². The first-order chi connectivity index (χ1) is 7.31. The van der Waals surface area contributed by atoms with Gasteiger partial charge in [0.05, 0.1) is 5.60 Å². The summed E-state index contributed by atoms with van der Waals surface area (Å²) in [5.74, 6) is 2.48. The quantitative estimate of drug-likeness (QED) is 0.664. The summed E-state index contributed by atoms with van der Waals surface area (Å²) in [6, 6.07) is 0. The van der Waals surface area contributed by atoms with Crippen molar-refractivity contribution in [3.63, 3.8) is 0 Å². The van der Waals surface area contributed by atoms with Crippen LogP contribution >= 0.6 is 0 Å². The van der Waals surface area contributed by atoms with E-state index in [2.05, 4.69) is 27.7 Å². The first-order valence-corrected chi connectivity index (χ1v) is 7.04. The van der Waals surface area contributed by atoms with Crippen molar-refractivity contribution in [3.05, 3.63) is 0 Å². The van der Waals surface area contributed by atoms with Crippen LogP contribution in [0.5, 0.6) is 0 Å². The molecule has 0 aromatic carbocycles. The minimum Gasteiger partial charge on any atom is -0.390 e. The van der Waals surface area contributed by atoms with E-state index in [-0.39, 0.29) is 11.0 Å². The van der Waals surface area contributed by atoms with E-state index in [4.69, 9.17) is 0 Å². The lowest BCUT2D eigenvalue weighted by Crippen LogP contribution is -2.44. The zero-order chi connectivity index (χ0) is 11.8. The molecule has 2 bridgehead atoms. The first-order valence-electron chi connectivity index (χ1n) is 7.04. The Hall–Kier alpha value is -0.0400. The van der Waals surface area contributed by atoms with Crippen LogP contribution in [0.1, 0.15) is 59.8 Å². The van der Waals surface area contributed by atoms with Gasteiger partial charge in [-0.15, -0.1) is 0 Å². The van der Waals surface area contributed by atoms with Gasteiger partial charge in [0, 0.05) is 5.41 Å². The highest BCUT2D eigenvalue weighted by Gasteiger charge is 2.69. The van der Waals surface area contributed by atoms with Gasteiger partial charge in [-0.3, -0.25) is 0 Å². The molecule has 0 aliphatic heterocycles. The van der Waals surface area contributed by atoms with Crippen LogP contribution in [-0.2, 0) is 0 Å². The molecule has 0 amide bonds. The van der Waals surface area contributed by atoms with Gasteiger partial charge in [-0.25, -0.2) is 0 Å². The Morgan fingerprint density at radius 1 is 1.06 bits per heavy atom. The van der Waals surface area contributed by atoms with Crippen LogP contribution < -0.4 is 0 Å². The van der Waals surface area contributed by atoms with Crippen molar-refractivity contribution in [2.45, 2.75) is 65.4 Å². The molecule has 92 valence electrons. The van der Waals surface area contributed by atoms with E-state index in [0.29, 0.717) is 5.41 Å². The first kappa shape index (κ1) is 11.1. The lowest BCUT2D eigenvalue weighted by atomic mass is 9.64. The highest BCUT2D eigenvalue weighted by Crippen LogP contribution is 2.73. The summed E-state index contributed by atoms with van der Waals surface area (Å²) in [6.07, 6.45) is 6.18. The smallest absolute Gasteiger partial charge is 0.0678 e. The Labute approximate surface area is 99.6 Å². The summed E-state index contributed by atoms with van der Waals surface area (Å²) in [5, 5.41) is 10.8. The maximum absolute atomic E-state index is 10.8. The van der Waals surface area contributed by atoms with Crippen LogP contribution in [0.15, 0.2) is 0 Å². The van der Waals surface area contributed by atoms with Gasteiger partial charge < -0.3 is 5.11 Å². The van der Waals surface area contributed by atoms with Crippen molar-refractivity contribution in [3.8, 4) is 0 Å². The third-order valence-corrected chi connectivity index (χ3v) is 6.83. The van der Waals surface area contributed by atoms with E-state index < -0.39 is 0 Å². The lowest BCUT2D eigenvalue weighted by molar-refractivity contribution is -0.0764. The van der Waals surface area contributed by atoms with Gasteiger partial charge in [0.1, 0.15) is 0 Å². The maximum atomic E-state index is 10.8. The molecule has 0 aromatic heterocycles. The van der Waals surface area contributed by atoms with Gasteiger partial charge in [-0.2, -0.15) is 0 Å². The summed E-state index contributed by atoms with van der Waals surface area (Å²) in [6.45, 7) is 9.47. The molecule has 0 heterocycles. The number of hydrogen-bond donors (Lipinski definition) is 1. The highest BCUT2D eigenvalue weighted by molar-refractivity contribution is 5.18. The Morgan fingerprint density at radius 2 is 1.75 bits per heavy atom. The van der Waals surface area contributed by atoms with E-state index in [0.717, 1.165) is 24.2 Å². The topological polar surface area (TPSA) is 20.2 Å². The van der Waals surface area contributed by atoms with E-state index in [9.17, 15) is 5.11 Å². The molecular formula is C15H26O. The third-order valence-electron chi connectivity index (χ3n) is 6.83. The van der Waals surface area contributed by atoms with Crippen LogP contribution in [-0.4, -0.2) is 10.7 Å². The molecule has 3 saturated carbocycles. The molecule has 0 aromatic rings. The second-order valence-corrected chi connectivity index (χ2v) is 7.67. The number of aliphatic hydroxyl groups is 1. The highest BCUT2D eigenvalue weighted by atomic mass is 16.3. The molecule has 5 atom stereocenters. The minimum absolute atomic E-state index is 0.272. The zero-order valence-corrected chi connectivity index (χ0v) is 11.2. The summed E-state index contributed by atoms with van der Waals surface area (Å²) in [4.78, 5) is 0. The molecule has 16 heavy (non-hydrogen) atoms. The van der Waals surface area contributed by atoms with Crippen LogP contribution in [0.2, 0.25) is 0 Å². The SMILES string of the molecule is C[C@@H]1CC[C@]23C[C@H]1C(C)(C)[C@@H]2CC[C@@]3(C)O. The van der Waals surface area contributed by atoms with Crippen molar-refractivity contribution in [1.82, 2.24) is 0 Å². The average Bonchev–Trinajstić information content (AvgIpc) is 2.53. The number of fused-ring (bicyclic) bond motifs is 1. The van der Waals surface area contributed by atoms with Gasteiger partial charge in [0.15, 0.2) is 0 Å². The summed E-state index contributed by atoms with van der Waals surface area (Å²) >= 11 is 0. The third kappa shape index (κ3) is 1.02. The molecule has 3 rings (SSSR count). The van der Waals surface area contributed by atoms with Crippen molar-refractivity contribution in [2.24, 2.45) is 28.6 Å². The molecule has 0 unspecified atom stereocenters. The van der Waals surface area contributed by atoms with Crippen LogP contribution in [0.25, 0.3) is 0 Å². The summed E-state index contributed by atoms with van der Waals surface area (Å²) in [7, 11) is 0. The largest absolute Gasteiger partial charge is 0.390 e. The van der Waals surface area contributed by atoms with Gasteiger partial charge in [0.2, 0.25) is 0 Å². The number of hydrogen-bond acceptors (Lipinski definition) is 1. The van der Waals surface area contributed by atoms with E-state index in [1.54, 1.807) is 0 Å². The molecule has 3 fully saturated rings. The molecule has 0 radical (unpaired) electrons. The molecular weight excluding hydrogens is 196 g/mol. The lowest BCUT2D eigenvalue weighted by Gasteiger charge is -2.44. The predicted octanol–water partition coefficient (Wildman–Crippen LogP) is 3.61. The van der Waals surface area contributed by atoms with Crippen LogP contribution in [0.3, 0.4) is 0 Å². The maximum Gasteiger partial charge on any atom is 0.0678 e. The number of rotatable bonds is 0. The molecule has 0 saturated heterocycles. The standard InChI is InChI=1S/C15H26O/c1-10-5-8-15-9-11(10)13(2,3)12(15)6-7-14(15,4)16/h10-12,16H,5-9H2,1-4H3/t10-,11-,12+,14-,15+/m1/s1. The molecule has 1 nitrogen and oxygen atoms in total. The normalized spacial score (nSPS) is 58.7. The van der Waals surface area contributed by atoms with Crippen molar-refractivity contribution >= 4 is 0 Å². The van der Waals surface area contributed by atoms with Gasteiger partial charge >= 0.3 is 0 Å².